The Hall–Kier alpha value is -3.49. The molecule has 3 rings (SSSR count). The maximum absolute atomic E-state index is 12.0. The number of ether oxygens (including phenoxy) is 1. The Morgan fingerprint density at radius 1 is 1.04 bits per heavy atom. The number of benzene rings is 1. The lowest BCUT2D eigenvalue weighted by molar-refractivity contribution is -0.128. The van der Waals surface area contributed by atoms with Crippen LogP contribution in [0.1, 0.15) is 22.8 Å². The van der Waals surface area contributed by atoms with Crippen molar-refractivity contribution in [3.8, 4) is 5.75 Å². The largest absolute Gasteiger partial charge is 0.497 e. The number of carbonyl (C=O) groups is 2. The van der Waals surface area contributed by atoms with Crippen LogP contribution in [0.5, 0.6) is 5.75 Å². The van der Waals surface area contributed by atoms with Crippen molar-refractivity contribution in [2.45, 2.75) is 26.7 Å². The summed E-state index contributed by atoms with van der Waals surface area (Å²) in [5.74, 6) is 0.747. The number of hydrogen-bond donors (Lipinski definition) is 2. The molecule has 1 aromatic carbocycles. The summed E-state index contributed by atoms with van der Waals surface area (Å²) in [5.41, 5.74) is 7.27. The van der Waals surface area contributed by atoms with Gasteiger partial charge < -0.3 is 4.74 Å². The Bertz CT molecular complexity index is 981. The second kappa shape index (κ2) is 7.81. The molecule has 140 valence electrons. The number of carbonyl (C=O) groups excluding carboxylic acids is 2. The SMILES string of the molecule is COc1ccc(CC(=O)NNC(=O)Cc2nc3nc(C)cc(C)n3n2)cc1. The van der Waals surface area contributed by atoms with E-state index in [1.165, 1.54) is 0 Å². The van der Waals surface area contributed by atoms with Crippen LogP contribution in [0.4, 0.5) is 0 Å². The van der Waals surface area contributed by atoms with Gasteiger partial charge in [0.15, 0.2) is 5.82 Å². The first-order valence-corrected chi connectivity index (χ1v) is 8.35. The van der Waals surface area contributed by atoms with E-state index in [0.29, 0.717) is 17.4 Å². The molecule has 0 saturated heterocycles. The van der Waals surface area contributed by atoms with Crippen molar-refractivity contribution in [3.05, 3.63) is 53.1 Å². The van der Waals surface area contributed by atoms with Crippen LogP contribution >= 0.6 is 0 Å². The third kappa shape index (κ3) is 4.57. The van der Waals surface area contributed by atoms with E-state index in [2.05, 4.69) is 25.9 Å². The van der Waals surface area contributed by atoms with E-state index in [1.54, 1.807) is 35.9 Å². The average Bonchev–Trinajstić information content (AvgIpc) is 3.03. The molecule has 0 aliphatic heterocycles. The molecule has 0 aliphatic carbocycles. The third-order valence-electron chi connectivity index (χ3n) is 3.85. The van der Waals surface area contributed by atoms with Crippen LogP contribution in [0.2, 0.25) is 0 Å². The molecular formula is C18H20N6O3. The second-order valence-corrected chi connectivity index (χ2v) is 6.08. The normalized spacial score (nSPS) is 10.6. The molecule has 0 unspecified atom stereocenters. The van der Waals surface area contributed by atoms with Crippen molar-refractivity contribution < 1.29 is 14.3 Å². The van der Waals surface area contributed by atoms with Gasteiger partial charge >= 0.3 is 0 Å². The van der Waals surface area contributed by atoms with Crippen LogP contribution < -0.4 is 15.6 Å². The molecular weight excluding hydrogens is 348 g/mol. The van der Waals surface area contributed by atoms with Crippen LogP contribution in [0.3, 0.4) is 0 Å². The van der Waals surface area contributed by atoms with Crippen LogP contribution in [0.25, 0.3) is 5.78 Å². The van der Waals surface area contributed by atoms with E-state index in [0.717, 1.165) is 17.0 Å². The lowest BCUT2D eigenvalue weighted by Gasteiger charge is -2.07. The van der Waals surface area contributed by atoms with Crippen LogP contribution in [-0.2, 0) is 22.4 Å². The van der Waals surface area contributed by atoms with Gasteiger partial charge in [-0.1, -0.05) is 12.1 Å². The summed E-state index contributed by atoms with van der Waals surface area (Å²) in [6.07, 6.45) is 0.0734. The Labute approximate surface area is 155 Å². The van der Waals surface area contributed by atoms with Crippen LogP contribution in [-0.4, -0.2) is 38.5 Å². The van der Waals surface area contributed by atoms with E-state index in [9.17, 15) is 9.59 Å². The molecule has 0 fully saturated rings. The zero-order valence-electron chi connectivity index (χ0n) is 15.3. The number of aromatic nitrogens is 4. The Morgan fingerprint density at radius 3 is 2.37 bits per heavy atom. The quantitative estimate of drug-likeness (QED) is 0.641. The van der Waals surface area contributed by atoms with E-state index >= 15 is 0 Å². The topological polar surface area (TPSA) is 111 Å². The molecule has 0 radical (unpaired) electrons. The lowest BCUT2D eigenvalue weighted by Crippen LogP contribution is -2.43. The number of rotatable bonds is 5. The number of fused-ring (bicyclic) bond motifs is 1. The lowest BCUT2D eigenvalue weighted by atomic mass is 10.1. The van der Waals surface area contributed by atoms with Crippen molar-refractivity contribution in [2.75, 3.05) is 7.11 Å². The molecule has 2 N–H and O–H groups in total. The predicted octanol–water partition coefficient (Wildman–Crippen LogP) is 0.682. The van der Waals surface area contributed by atoms with Gasteiger partial charge in [0.25, 0.3) is 5.78 Å². The zero-order valence-corrected chi connectivity index (χ0v) is 15.3. The highest BCUT2D eigenvalue weighted by molar-refractivity contribution is 5.84. The monoisotopic (exact) mass is 368 g/mol. The summed E-state index contributed by atoms with van der Waals surface area (Å²) >= 11 is 0. The fraction of sp³-hybridized carbons (Fsp3) is 0.278. The number of methoxy groups -OCH3 is 1. The molecule has 0 spiro atoms. The highest BCUT2D eigenvalue weighted by atomic mass is 16.5. The van der Waals surface area contributed by atoms with Gasteiger partial charge in [0.05, 0.1) is 20.0 Å². The van der Waals surface area contributed by atoms with Gasteiger partial charge in [-0.2, -0.15) is 4.98 Å². The molecule has 0 bridgehead atoms. The fourth-order valence-electron chi connectivity index (χ4n) is 2.58. The van der Waals surface area contributed by atoms with E-state index < -0.39 is 5.91 Å². The van der Waals surface area contributed by atoms with Crippen LogP contribution in [0, 0.1) is 13.8 Å². The number of amides is 2. The fourth-order valence-corrected chi connectivity index (χ4v) is 2.58. The number of nitrogens with zero attached hydrogens (tertiary/aromatic N) is 4. The number of nitrogens with one attached hydrogen (secondary N) is 2. The maximum atomic E-state index is 12.0. The number of hydrogen-bond acceptors (Lipinski definition) is 6. The summed E-state index contributed by atoms with van der Waals surface area (Å²) in [6, 6.07) is 9.00. The van der Waals surface area contributed by atoms with Crippen LogP contribution in [0.15, 0.2) is 30.3 Å². The summed E-state index contributed by atoms with van der Waals surface area (Å²) in [7, 11) is 1.58. The highest BCUT2D eigenvalue weighted by Gasteiger charge is 2.12. The smallest absolute Gasteiger partial charge is 0.252 e. The summed E-state index contributed by atoms with van der Waals surface area (Å²) < 4.78 is 6.65. The first kappa shape index (κ1) is 18.3. The van der Waals surface area contributed by atoms with Crippen molar-refractivity contribution in [3.63, 3.8) is 0 Å². The van der Waals surface area contributed by atoms with E-state index in [4.69, 9.17) is 4.74 Å². The summed E-state index contributed by atoms with van der Waals surface area (Å²) in [6.45, 7) is 3.76. The Morgan fingerprint density at radius 2 is 1.70 bits per heavy atom. The van der Waals surface area contributed by atoms with Gasteiger partial charge in [-0.05, 0) is 37.6 Å². The molecule has 0 saturated carbocycles. The van der Waals surface area contributed by atoms with Crippen molar-refractivity contribution in [1.82, 2.24) is 30.4 Å². The number of hydrazine groups is 1. The molecule has 2 aromatic heterocycles. The highest BCUT2D eigenvalue weighted by Crippen LogP contribution is 2.11. The van der Waals surface area contributed by atoms with Gasteiger partial charge in [-0.15, -0.1) is 5.10 Å². The minimum absolute atomic E-state index is 0.0648. The Kier molecular flexibility index (Phi) is 5.30. The van der Waals surface area contributed by atoms with Gasteiger partial charge in [0.1, 0.15) is 5.75 Å². The second-order valence-electron chi connectivity index (χ2n) is 6.08. The van der Waals surface area contributed by atoms with Gasteiger partial charge in [0, 0.05) is 11.4 Å². The Balaban J connectivity index is 1.53. The van der Waals surface area contributed by atoms with Gasteiger partial charge in [0.2, 0.25) is 11.8 Å². The first-order chi connectivity index (χ1) is 12.9. The molecule has 9 heteroatoms. The van der Waals surface area contributed by atoms with E-state index in [1.807, 2.05) is 19.9 Å². The van der Waals surface area contributed by atoms with Gasteiger partial charge in [-0.3, -0.25) is 20.4 Å². The van der Waals surface area contributed by atoms with E-state index in [-0.39, 0.29) is 18.7 Å². The average molecular weight is 368 g/mol. The molecule has 0 atom stereocenters. The molecule has 2 heterocycles. The van der Waals surface area contributed by atoms with Crippen molar-refractivity contribution >= 4 is 17.6 Å². The molecule has 9 nitrogen and oxygen atoms in total. The first-order valence-electron chi connectivity index (χ1n) is 8.35. The minimum atomic E-state index is -0.414. The third-order valence-corrected chi connectivity index (χ3v) is 3.85. The standard InChI is InChI=1S/C18H20N6O3/c1-11-8-12(2)24-18(19-11)20-15(23-24)10-17(26)22-21-16(25)9-13-4-6-14(27-3)7-5-13/h4-8H,9-10H2,1-3H3,(H,21,25)(H,22,26). The van der Waals surface area contributed by atoms with Crippen molar-refractivity contribution in [1.29, 1.82) is 0 Å². The maximum Gasteiger partial charge on any atom is 0.252 e. The van der Waals surface area contributed by atoms with Crippen molar-refractivity contribution in [2.24, 2.45) is 0 Å². The molecule has 0 aliphatic rings. The molecule has 2 amide bonds. The summed E-state index contributed by atoms with van der Waals surface area (Å²) in [5, 5.41) is 4.26. The van der Waals surface area contributed by atoms with Gasteiger partial charge in [-0.25, -0.2) is 9.50 Å². The molecule has 3 aromatic rings. The molecule has 27 heavy (non-hydrogen) atoms. The summed E-state index contributed by atoms with van der Waals surface area (Å²) in [4.78, 5) is 32.5. The minimum Gasteiger partial charge on any atom is -0.497 e. The number of aryl methyl sites for hydroxylation is 2. The zero-order chi connectivity index (χ0) is 19.4. The predicted molar refractivity (Wildman–Crippen MR) is 96.9 cm³/mol.